The van der Waals surface area contributed by atoms with E-state index in [0.29, 0.717) is 29.5 Å². The molecule has 0 aliphatic carbocycles. The molecule has 0 N–H and O–H groups in total. The van der Waals surface area contributed by atoms with Crippen LogP contribution >= 0.6 is 0 Å². The summed E-state index contributed by atoms with van der Waals surface area (Å²) in [6.07, 6.45) is 4.27. The highest BCUT2D eigenvalue weighted by Crippen LogP contribution is 2.38. The third kappa shape index (κ3) is 2.28. The van der Waals surface area contributed by atoms with Crippen LogP contribution in [0.2, 0.25) is 0 Å². The summed E-state index contributed by atoms with van der Waals surface area (Å²) in [5.41, 5.74) is 1.78. The Balaban J connectivity index is 1.65. The van der Waals surface area contributed by atoms with Gasteiger partial charge in [-0.3, -0.25) is 9.69 Å². The molecule has 27 heavy (non-hydrogen) atoms. The van der Waals surface area contributed by atoms with E-state index in [2.05, 4.69) is 15.3 Å². The fourth-order valence-corrected chi connectivity index (χ4v) is 3.92. The van der Waals surface area contributed by atoms with Crippen molar-refractivity contribution in [1.29, 1.82) is 0 Å². The van der Waals surface area contributed by atoms with E-state index in [9.17, 15) is 9.18 Å². The molecular weight excluding hydrogens is 351 g/mol. The molecule has 3 aliphatic heterocycles. The van der Waals surface area contributed by atoms with E-state index in [1.807, 2.05) is 6.92 Å². The van der Waals surface area contributed by atoms with Gasteiger partial charge in [-0.2, -0.15) is 9.67 Å². The summed E-state index contributed by atoms with van der Waals surface area (Å²) in [5, 5.41) is 8.27. The van der Waals surface area contributed by atoms with E-state index < -0.39 is 5.82 Å². The van der Waals surface area contributed by atoms with Crippen LogP contribution in [0.5, 0.6) is 0 Å². The lowest BCUT2D eigenvalue weighted by Crippen LogP contribution is -2.41. The Hall–Kier alpha value is -2.91. The Morgan fingerprint density at radius 3 is 3.00 bits per heavy atom. The van der Waals surface area contributed by atoms with E-state index in [-0.39, 0.29) is 17.9 Å². The topological polar surface area (TPSA) is 78.5 Å². The summed E-state index contributed by atoms with van der Waals surface area (Å²) in [7, 11) is 1.64. The number of nitrogens with zero attached hydrogens (tertiary/aromatic N) is 6. The highest BCUT2D eigenvalue weighted by molar-refractivity contribution is 6.06. The van der Waals surface area contributed by atoms with Crippen molar-refractivity contribution in [3.05, 3.63) is 47.3 Å². The fourth-order valence-electron chi connectivity index (χ4n) is 3.92. The summed E-state index contributed by atoms with van der Waals surface area (Å²) < 4.78 is 21.0. The smallest absolute Gasteiger partial charge is 0.318 e. The third-order valence-electron chi connectivity index (χ3n) is 5.33. The Morgan fingerprint density at radius 1 is 1.37 bits per heavy atom. The monoisotopic (exact) mass is 368 g/mol. The van der Waals surface area contributed by atoms with E-state index in [4.69, 9.17) is 4.74 Å². The summed E-state index contributed by atoms with van der Waals surface area (Å²) >= 11 is 0. The molecule has 2 aromatic rings. The predicted molar refractivity (Wildman–Crippen MR) is 94.8 cm³/mol. The number of ether oxygens (including phenoxy) is 1. The number of rotatable bonds is 2. The Morgan fingerprint density at radius 2 is 2.22 bits per heavy atom. The van der Waals surface area contributed by atoms with E-state index in [1.165, 1.54) is 17.0 Å². The molecular formula is C18H17FN6O2+. The zero-order chi connectivity index (χ0) is 18.7. The molecule has 4 heterocycles. The van der Waals surface area contributed by atoms with E-state index in [0.717, 1.165) is 12.1 Å². The molecule has 1 aromatic heterocycles. The second-order valence-corrected chi connectivity index (χ2v) is 6.83. The van der Waals surface area contributed by atoms with Gasteiger partial charge in [0.1, 0.15) is 11.4 Å². The van der Waals surface area contributed by atoms with Crippen LogP contribution in [0.4, 0.5) is 10.1 Å². The van der Waals surface area contributed by atoms with Gasteiger partial charge in [0.05, 0.1) is 18.0 Å². The number of aromatic nitrogens is 3. The zero-order valence-corrected chi connectivity index (χ0v) is 14.8. The van der Waals surface area contributed by atoms with Crippen LogP contribution < -0.4 is 4.90 Å². The molecule has 1 aromatic carbocycles. The van der Waals surface area contributed by atoms with Gasteiger partial charge >= 0.3 is 5.82 Å². The van der Waals surface area contributed by atoms with Gasteiger partial charge in [0.2, 0.25) is 11.5 Å². The van der Waals surface area contributed by atoms with Crippen molar-refractivity contribution >= 4 is 23.8 Å². The number of aliphatic imine (C=N–C) groups is 1. The molecule has 137 valence electrons. The highest BCUT2D eigenvalue weighted by Gasteiger charge is 2.47. The molecule has 5 rings (SSSR count). The number of halogens is 1. The highest BCUT2D eigenvalue weighted by atomic mass is 19.1. The van der Waals surface area contributed by atoms with E-state index >= 15 is 0 Å². The van der Waals surface area contributed by atoms with Crippen LogP contribution in [0, 0.1) is 5.82 Å². The van der Waals surface area contributed by atoms with Crippen molar-refractivity contribution in [3.8, 4) is 0 Å². The summed E-state index contributed by atoms with van der Waals surface area (Å²) in [6.45, 7) is 2.72. The molecule has 2 atom stereocenters. The summed E-state index contributed by atoms with van der Waals surface area (Å²) in [5.74, 6) is 0.485. The molecule has 2 unspecified atom stereocenters. The van der Waals surface area contributed by atoms with Gasteiger partial charge in [-0.05, 0) is 30.4 Å². The number of carbonyl (C=O) groups is 1. The predicted octanol–water partition coefficient (Wildman–Crippen LogP) is 1.99. The first-order valence-electron chi connectivity index (χ1n) is 8.74. The number of carbonyl (C=O) groups excluding carboxylic acids is 1. The molecule has 1 saturated heterocycles. The van der Waals surface area contributed by atoms with Crippen LogP contribution in [0.25, 0.3) is 5.82 Å². The minimum absolute atomic E-state index is 0.0590. The van der Waals surface area contributed by atoms with Crippen molar-refractivity contribution in [1.82, 2.24) is 24.8 Å². The standard InChI is InChI=1S/C18H17FN6O2/c1-10-12(5-6-27-10)15-8-21-22-25(15)16-17-23(2)18(26)13-7-11(19)3-4-14(13)24(17)9-20-16/h3-4,7-10,12H,5-6H2,1-2H3/q+1. The van der Waals surface area contributed by atoms with Crippen LogP contribution in [-0.4, -0.2) is 51.9 Å². The van der Waals surface area contributed by atoms with Gasteiger partial charge in [0.15, 0.2) is 0 Å². The lowest BCUT2D eigenvalue weighted by molar-refractivity contribution is 0.0814. The quantitative estimate of drug-likeness (QED) is 0.760. The molecule has 9 heteroatoms. The second-order valence-electron chi connectivity index (χ2n) is 6.83. The van der Waals surface area contributed by atoms with Gasteiger partial charge in [0.25, 0.3) is 12.2 Å². The Labute approximate surface area is 154 Å². The summed E-state index contributed by atoms with van der Waals surface area (Å²) in [4.78, 5) is 20.5. The third-order valence-corrected chi connectivity index (χ3v) is 5.33. The van der Waals surface area contributed by atoms with Crippen molar-refractivity contribution in [2.24, 2.45) is 4.99 Å². The maximum absolute atomic E-state index is 13.6. The second kappa shape index (κ2) is 5.80. The molecule has 8 nitrogen and oxygen atoms in total. The number of benzene rings is 1. The first kappa shape index (κ1) is 16.3. The van der Waals surface area contributed by atoms with Gasteiger partial charge in [-0.15, -0.1) is 5.10 Å². The fraction of sp³-hybridized carbons (Fsp3) is 0.333. The molecule has 1 radical (unpaired) electrons. The normalized spacial score (nSPS) is 24.7. The Bertz CT molecular complexity index is 1010. The number of anilines is 1. The lowest BCUT2D eigenvalue weighted by Gasteiger charge is -2.24. The van der Waals surface area contributed by atoms with Crippen molar-refractivity contribution < 1.29 is 13.9 Å². The van der Waals surface area contributed by atoms with Crippen molar-refractivity contribution in [2.45, 2.75) is 25.4 Å². The number of hydrogen-bond acceptors (Lipinski definition) is 6. The summed E-state index contributed by atoms with van der Waals surface area (Å²) in [6, 6.07) is 4.16. The van der Waals surface area contributed by atoms with Gasteiger partial charge in [-0.25, -0.2) is 4.39 Å². The molecule has 1 fully saturated rings. The van der Waals surface area contributed by atoms with Crippen LogP contribution in [0.3, 0.4) is 0 Å². The van der Waals surface area contributed by atoms with Crippen LogP contribution in [0.1, 0.15) is 35.3 Å². The van der Waals surface area contributed by atoms with E-state index in [1.54, 1.807) is 35.2 Å². The SMILES string of the molecule is CC1OCCC1c1cnnn1C1=C2N(C)C(=O)c3cc(F)ccc3[N+]2C=N1. The minimum atomic E-state index is -0.451. The molecule has 3 aliphatic rings. The molecule has 0 saturated carbocycles. The minimum Gasteiger partial charge on any atom is -0.378 e. The maximum atomic E-state index is 13.6. The number of fused-ring (bicyclic) bond motifs is 3. The van der Waals surface area contributed by atoms with Gasteiger partial charge in [-0.1, -0.05) is 5.21 Å². The van der Waals surface area contributed by atoms with Gasteiger partial charge < -0.3 is 4.74 Å². The molecule has 0 bridgehead atoms. The van der Waals surface area contributed by atoms with Gasteiger partial charge in [0, 0.05) is 25.6 Å². The van der Waals surface area contributed by atoms with Crippen LogP contribution in [-0.2, 0) is 4.74 Å². The zero-order valence-electron chi connectivity index (χ0n) is 14.8. The van der Waals surface area contributed by atoms with Crippen molar-refractivity contribution in [2.75, 3.05) is 13.7 Å². The molecule has 1 amide bonds. The van der Waals surface area contributed by atoms with Crippen LogP contribution in [0.15, 0.2) is 35.2 Å². The lowest BCUT2D eigenvalue weighted by atomic mass is 9.99. The average molecular weight is 368 g/mol. The average Bonchev–Trinajstić information content (AvgIpc) is 3.37. The number of amides is 1. The number of hydrogen-bond donors (Lipinski definition) is 0. The first-order chi connectivity index (χ1) is 13.1. The maximum Gasteiger partial charge on any atom is 0.318 e. The van der Waals surface area contributed by atoms with Crippen molar-refractivity contribution in [3.63, 3.8) is 0 Å². The Kier molecular flexibility index (Phi) is 3.49. The largest absolute Gasteiger partial charge is 0.378 e. The first-order valence-corrected chi connectivity index (χ1v) is 8.74. The molecule has 0 spiro atoms.